The molecule has 4 nitrogen and oxygen atoms in total. The van der Waals surface area contributed by atoms with Crippen molar-refractivity contribution in [2.45, 2.75) is 81.0 Å². The number of fused-ring (bicyclic) bond motifs is 3. The molecule has 0 N–H and O–H groups in total. The Morgan fingerprint density at radius 2 is 1.96 bits per heavy atom. The van der Waals surface area contributed by atoms with E-state index < -0.39 is 0 Å². The SMILES string of the molecule is CC(Sc1ncnc2sc3c(c12)CCCC3)C(=O)N(C)C1CCCCC1. The summed E-state index contributed by atoms with van der Waals surface area (Å²) in [6.07, 6.45) is 12.6. The number of aryl methyl sites for hydroxylation is 2. The van der Waals surface area contributed by atoms with Gasteiger partial charge in [0.15, 0.2) is 0 Å². The van der Waals surface area contributed by atoms with E-state index in [4.69, 9.17) is 0 Å². The Kier molecular flexibility index (Phi) is 5.50. The maximum atomic E-state index is 13.0. The summed E-state index contributed by atoms with van der Waals surface area (Å²) in [7, 11) is 1.98. The maximum absolute atomic E-state index is 13.0. The lowest BCUT2D eigenvalue weighted by molar-refractivity contribution is -0.131. The van der Waals surface area contributed by atoms with Crippen LogP contribution in [0, 0.1) is 0 Å². The average Bonchev–Trinajstić information content (AvgIpc) is 3.07. The normalized spacial score (nSPS) is 19.3. The van der Waals surface area contributed by atoms with Gasteiger partial charge in [-0.25, -0.2) is 9.97 Å². The van der Waals surface area contributed by atoms with Crippen LogP contribution in [0.2, 0.25) is 0 Å². The van der Waals surface area contributed by atoms with Gasteiger partial charge in [-0.2, -0.15) is 0 Å². The second kappa shape index (κ2) is 7.85. The van der Waals surface area contributed by atoms with Crippen molar-refractivity contribution in [3.05, 3.63) is 16.8 Å². The van der Waals surface area contributed by atoms with Crippen molar-refractivity contribution >= 4 is 39.2 Å². The van der Waals surface area contributed by atoms with Crippen molar-refractivity contribution in [1.82, 2.24) is 14.9 Å². The molecule has 6 heteroatoms. The molecule has 0 spiro atoms. The first kappa shape index (κ1) is 18.2. The molecule has 1 amide bonds. The van der Waals surface area contributed by atoms with E-state index in [9.17, 15) is 4.79 Å². The molecule has 0 aromatic carbocycles. The molecule has 2 aromatic rings. The first-order chi connectivity index (χ1) is 12.6. The summed E-state index contributed by atoms with van der Waals surface area (Å²) in [5, 5.41) is 2.10. The van der Waals surface area contributed by atoms with E-state index in [1.54, 1.807) is 18.1 Å². The van der Waals surface area contributed by atoms with Crippen molar-refractivity contribution in [3.8, 4) is 0 Å². The van der Waals surface area contributed by atoms with E-state index in [1.165, 1.54) is 54.4 Å². The second-order valence-corrected chi connectivity index (χ2v) is 9.98. The monoisotopic (exact) mass is 389 g/mol. The minimum atomic E-state index is -0.112. The zero-order valence-corrected chi connectivity index (χ0v) is 17.3. The molecule has 2 aliphatic carbocycles. The van der Waals surface area contributed by atoms with Gasteiger partial charge in [0.2, 0.25) is 5.91 Å². The Hall–Kier alpha value is -1.14. The summed E-state index contributed by atoms with van der Waals surface area (Å²) in [5.41, 5.74) is 1.44. The van der Waals surface area contributed by atoms with Crippen LogP contribution in [-0.2, 0) is 17.6 Å². The molecule has 1 fully saturated rings. The predicted molar refractivity (Wildman–Crippen MR) is 109 cm³/mol. The average molecular weight is 390 g/mol. The van der Waals surface area contributed by atoms with Gasteiger partial charge in [0.25, 0.3) is 0 Å². The Labute approximate surface area is 163 Å². The van der Waals surface area contributed by atoms with Crippen LogP contribution in [0.3, 0.4) is 0 Å². The Morgan fingerprint density at radius 1 is 1.19 bits per heavy atom. The molecule has 2 heterocycles. The Balaban J connectivity index is 1.54. The third-order valence-electron chi connectivity index (χ3n) is 5.82. The summed E-state index contributed by atoms with van der Waals surface area (Å²) in [6, 6.07) is 0.415. The lowest BCUT2D eigenvalue weighted by atomic mass is 9.94. The van der Waals surface area contributed by atoms with Crippen LogP contribution in [0.4, 0.5) is 0 Å². The van der Waals surface area contributed by atoms with Crippen LogP contribution >= 0.6 is 23.1 Å². The van der Waals surface area contributed by atoms with Gasteiger partial charge in [-0.1, -0.05) is 31.0 Å². The van der Waals surface area contributed by atoms with Crippen molar-refractivity contribution in [1.29, 1.82) is 0 Å². The Bertz CT molecular complexity index is 798. The highest BCUT2D eigenvalue weighted by molar-refractivity contribution is 8.00. The van der Waals surface area contributed by atoms with Gasteiger partial charge in [0.05, 0.1) is 5.25 Å². The van der Waals surface area contributed by atoms with Gasteiger partial charge in [0, 0.05) is 23.4 Å². The number of nitrogens with zero attached hydrogens (tertiary/aromatic N) is 3. The van der Waals surface area contributed by atoms with Crippen LogP contribution in [0.25, 0.3) is 10.2 Å². The van der Waals surface area contributed by atoms with Crippen LogP contribution in [0.15, 0.2) is 11.4 Å². The lowest BCUT2D eigenvalue weighted by Gasteiger charge is -2.32. The molecule has 0 saturated heterocycles. The standard InChI is InChI=1S/C20H27N3OS2/c1-13(20(24)23(2)14-8-4-3-5-9-14)25-18-17-15-10-6-7-11-16(15)26-19(17)22-12-21-18/h12-14H,3-11H2,1-2H3. The Morgan fingerprint density at radius 3 is 2.77 bits per heavy atom. The van der Waals surface area contributed by atoms with Crippen molar-refractivity contribution in [2.75, 3.05) is 7.05 Å². The molecule has 0 radical (unpaired) electrons. The molecule has 2 aromatic heterocycles. The van der Waals surface area contributed by atoms with Gasteiger partial charge in [-0.3, -0.25) is 4.79 Å². The summed E-state index contributed by atoms with van der Waals surface area (Å²) >= 11 is 3.43. The van der Waals surface area contributed by atoms with E-state index in [0.29, 0.717) is 6.04 Å². The number of carbonyl (C=O) groups excluding carboxylic acids is 1. The fraction of sp³-hybridized carbons (Fsp3) is 0.650. The summed E-state index contributed by atoms with van der Waals surface area (Å²) in [6.45, 7) is 2.03. The highest BCUT2D eigenvalue weighted by Crippen LogP contribution is 2.40. The molecule has 0 bridgehead atoms. The molecule has 4 rings (SSSR count). The van der Waals surface area contributed by atoms with E-state index in [2.05, 4.69) is 9.97 Å². The molecule has 1 atom stereocenters. The van der Waals surface area contributed by atoms with Crippen LogP contribution in [-0.4, -0.2) is 39.1 Å². The van der Waals surface area contributed by atoms with Crippen molar-refractivity contribution in [3.63, 3.8) is 0 Å². The molecule has 26 heavy (non-hydrogen) atoms. The first-order valence-corrected chi connectivity index (χ1v) is 11.5. The van der Waals surface area contributed by atoms with E-state index >= 15 is 0 Å². The predicted octanol–water partition coefficient (Wildman–Crippen LogP) is 4.84. The third kappa shape index (κ3) is 3.50. The minimum absolute atomic E-state index is 0.112. The molecule has 0 aliphatic heterocycles. The highest BCUT2D eigenvalue weighted by Gasteiger charge is 2.28. The summed E-state index contributed by atoms with van der Waals surface area (Å²) < 4.78 is 0. The second-order valence-electron chi connectivity index (χ2n) is 7.57. The largest absolute Gasteiger partial charge is 0.342 e. The molecule has 2 aliphatic rings. The zero-order chi connectivity index (χ0) is 18.1. The number of thiophene rings is 1. The topological polar surface area (TPSA) is 46.1 Å². The van der Waals surface area contributed by atoms with Crippen LogP contribution < -0.4 is 0 Å². The minimum Gasteiger partial charge on any atom is -0.342 e. The van der Waals surface area contributed by atoms with Crippen LogP contribution in [0.5, 0.6) is 0 Å². The number of hydrogen-bond donors (Lipinski definition) is 0. The van der Waals surface area contributed by atoms with Gasteiger partial charge >= 0.3 is 0 Å². The van der Waals surface area contributed by atoms with E-state index in [-0.39, 0.29) is 11.2 Å². The quantitative estimate of drug-likeness (QED) is 0.554. The van der Waals surface area contributed by atoms with E-state index in [1.807, 2.05) is 30.2 Å². The van der Waals surface area contributed by atoms with Gasteiger partial charge in [-0.05, 0) is 51.0 Å². The summed E-state index contributed by atoms with van der Waals surface area (Å²) in [5.74, 6) is 0.234. The van der Waals surface area contributed by atoms with E-state index in [0.717, 1.165) is 29.1 Å². The van der Waals surface area contributed by atoms with Crippen molar-refractivity contribution in [2.24, 2.45) is 0 Å². The van der Waals surface area contributed by atoms with Gasteiger partial charge in [-0.15, -0.1) is 11.3 Å². The third-order valence-corrected chi connectivity index (χ3v) is 8.11. The molecular formula is C20H27N3OS2. The van der Waals surface area contributed by atoms with Gasteiger partial charge < -0.3 is 4.90 Å². The molecule has 1 saturated carbocycles. The molecule has 1 unspecified atom stereocenters. The number of amides is 1. The molecular weight excluding hydrogens is 362 g/mol. The fourth-order valence-corrected chi connectivity index (χ4v) is 6.64. The number of carbonyl (C=O) groups is 1. The lowest BCUT2D eigenvalue weighted by Crippen LogP contribution is -2.42. The zero-order valence-electron chi connectivity index (χ0n) is 15.7. The smallest absolute Gasteiger partial charge is 0.235 e. The fourth-order valence-electron chi connectivity index (χ4n) is 4.30. The number of thioether (sulfide) groups is 1. The summed E-state index contributed by atoms with van der Waals surface area (Å²) in [4.78, 5) is 26.6. The highest BCUT2D eigenvalue weighted by atomic mass is 32.2. The number of rotatable bonds is 4. The number of hydrogen-bond acceptors (Lipinski definition) is 5. The van der Waals surface area contributed by atoms with Gasteiger partial charge in [0.1, 0.15) is 16.2 Å². The molecule has 140 valence electrons. The maximum Gasteiger partial charge on any atom is 0.235 e. The van der Waals surface area contributed by atoms with Crippen molar-refractivity contribution < 1.29 is 4.79 Å². The van der Waals surface area contributed by atoms with Crippen LogP contribution in [0.1, 0.15) is 62.3 Å². The number of aromatic nitrogens is 2. The first-order valence-electron chi connectivity index (χ1n) is 9.83.